The van der Waals surface area contributed by atoms with Gasteiger partial charge in [-0.2, -0.15) is 5.10 Å². The summed E-state index contributed by atoms with van der Waals surface area (Å²) >= 11 is 0. The van der Waals surface area contributed by atoms with Gasteiger partial charge in [0.1, 0.15) is 0 Å². The van der Waals surface area contributed by atoms with Crippen molar-refractivity contribution in [2.45, 2.75) is 54.1 Å². The first-order valence-corrected chi connectivity index (χ1v) is 6.70. The molecule has 1 atom stereocenters. The van der Waals surface area contributed by atoms with Gasteiger partial charge in [0.05, 0.1) is 5.69 Å². The van der Waals surface area contributed by atoms with E-state index in [4.69, 9.17) is 0 Å². The summed E-state index contributed by atoms with van der Waals surface area (Å²) in [6.07, 6.45) is 0.884. The summed E-state index contributed by atoms with van der Waals surface area (Å²) < 4.78 is 1.99. The molecule has 102 valence electrons. The van der Waals surface area contributed by atoms with Crippen molar-refractivity contribution in [2.24, 2.45) is 5.92 Å². The van der Waals surface area contributed by atoms with Crippen LogP contribution in [0.25, 0.3) is 0 Å². The number of nitrogens with zero attached hydrogens (tertiary/aromatic N) is 3. The lowest BCUT2D eigenvalue weighted by Gasteiger charge is -2.21. The maximum atomic E-state index is 12.1. The van der Waals surface area contributed by atoms with Crippen LogP contribution >= 0.6 is 0 Å². The highest BCUT2D eigenvalue weighted by Gasteiger charge is 2.19. The first kappa shape index (κ1) is 14.7. The van der Waals surface area contributed by atoms with Crippen molar-refractivity contribution < 1.29 is 4.79 Å². The van der Waals surface area contributed by atoms with E-state index in [0.29, 0.717) is 6.54 Å². The summed E-state index contributed by atoms with van der Waals surface area (Å²) in [5.41, 5.74) is 3.37. The zero-order valence-electron chi connectivity index (χ0n) is 12.4. The number of aromatic nitrogens is 2. The molecule has 0 aliphatic rings. The van der Waals surface area contributed by atoms with E-state index in [1.54, 1.807) is 0 Å². The van der Waals surface area contributed by atoms with E-state index in [2.05, 4.69) is 18.9 Å². The predicted octanol–water partition coefficient (Wildman–Crippen LogP) is 2.52. The Balaban J connectivity index is 2.85. The van der Waals surface area contributed by atoms with Gasteiger partial charge in [-0.25, -0.2) is 0 Å². The number of hydrogen-bond donors (Lipinski definition) is 0. The zero-order valence-corrected chi connectivity index (χ0v) is 12.4. The van der Waals surface area contributed by atoms with Crippen molar-refractivity contribution in [3.8, 4) is 0 Å². The van der Waals surface area contributed by atoms with Crippen LogP contribution in [0.4, 0.5) is 0 Å². The molecule has 0 radical (unpaired) electrons. The summed E-state index contributed by atoms with van der Waals surface area (Å²) in [6, 6.07) is 0. The Morgan fingerprint density at radius 3 is 2.44 bits per heavy atom. The molecule has 0 aliphatic carbocycles. The van der Waals surface area contributed by atoms with Gasteiger partial charge in [-0.15, -0.1) is 0 Å². The first-order chi connectivity index (χ1) is 8.42. The maximum Gasteiger partial charge on any atom is 0.225 e. The van der Waals surface area contributed by atoms with Crippen LogP contribution in [0.3, 0.4) is 0 Å². The van der Waals surface area contributed by atoms with E-state index in [1.165, 1.54) is 11.3 Å². The van der Waals surface area contributed by atoms with E-state index >= 15 is 0 Å². The largest absolute Gasteiger partial charge is 0.341 e. The van der Waals surface area contributed by atoms with Crippen LogP contribution in [0.2, 0.25) is 0 Å². The molecule has 1 heterocycles. The van der Waals surface area contributed by atoms with Crippen LogP contribution < -0.4 is 0 Å². The smallest absolute Gasteiger partial charge is 0.225 e. The minimum atomic E-state index is 0.0943. The van der Waals surface area contributed by atoms with E-state index < -0.39 is 0 Å². The Morgan fingerprint density at radius 2 is 2.00 bits per heavy atom. The summed E-state index contributed by atoms with van der Waals surface area (Å²) in [6.45, 7) is 11.7. The van der Waals surface area contributed by atoms with Crippen molar-refractivity contribution in [3.05, 3.63) is 17.0 Å². The highest BCUT2D eigenvalue weighted by Crippen LogP contribution is 2.16. The van der Waals surface area contributed by atoms with Crippen LogP contribution in [-0.2, 0) is 17.9 Å². The van der Waals surface area contributed by atoms with Gasteiger partial charge in [0, 0.05) is 37.3 Å². The van der Waals surface area contributed by atoms with Gasteiger partial charge >= 0.3 is 0 Å². The molecular weight excluding hydrogens is 226 g/mol. The molecule has 4 nitrogen and oxygen atoms in total. The van der Waals surface area contributed by atoms with Gasteiger partial charge in [0.25, 0.3) is 0 Å². The Hall–Kier alpha value is -1.32. The predicted molar refractivity (Wildman–Crippen MR) is 73.3 cm³/mol. The average molecular weight is 251 g/mol. The highest BCUT2D eigenvalue weighted by molar-refractivity contribution is 5.78. The molecule has 0 saturated heterocycles. The number of aryl methyl sites for hydroxylation is 2. The van der Waals surface area contributed by atoms with Crippen molar-refractivity contribution >= 4 is 5.91 Å². The molecule has 0 aromatic carbocycles. The van der Waals surface area contributed by atoms with Crippen molar-refractivity contribution in [2.75, 3.05) is 7.05 Å². The van der Waals surface area contributed by atoms with Gasteiger partial charge in [0.2, 0.25) is 5.91 Å². The molecule has 0 N–H and O–H groups in total. The fourth-order valence-corrected chi connectivity index (χ4v) is 2.14. The lowest BCUT2D eigenvalue weighted by molar-refractivity contribution is -0.134. The van der Waals surface area contributed by atoms with Gasteiger partial charge in [-0.3, -0.25) is 9.48 Å². The zero-order chi connectivity index (χ0) is 13.9. The molecule has 0 saturated carbocycles. The number of rotatable bonds is 5. The van der Waals surface area contributed by atoms with Crippen molar-refractivity contribution in [1.29, 1.82) is 0 Å². The second-order valence-corrected chi connectivity index (χ2v) is 4.97. The lowest BCUT2D eigenvalue weighted by Crippen LogP contribution is -2.31. The fraction of sp³-hybridized carbons (Fsp3) is 0.714. The number of amides is 1. The van der Waals surface area contributed by atoms with Gasteiger partial charge in [-0.05, 0) is 27.2 Å². The van der Waals surface area contributed by atoms with E-state index in [1.807, 2.05) is 37.4 Å². The first-order valence-electron chi connectivity index (χ1n) is 6.70. The molecule has 1 rings (SSSR count). The molecule has 0 fully saturated rings. The second kappa shape index (κ2) is 6.03. The summed E-state index contributed by atoms with van der Waals surface area (Å²) in [5, 5.41) is 4.48. The van der Waals surface area contributed by atoms with Crippen LogP contribution in [0.5, 0.6) is 0 Å². The monoisotopic (exact) mass is 251 g/mol. The topological polar surface area (TPSA) is 38.1 Å². The van der Waals surface area contributed by atoms with Gasteiger partial charge < -0.3 is 4.90 Å². The molecule has 0 aliphatic heterocycles. The summed E-state index contributed by atoms with van der Waals surface area (Å²) in [5.74, 6) is 0.303. The molecule has 0 unspecified atom stereocenters. The van der Waals surface area contributed by atoms with E-state index in [-0.39, 0.29) is 11.8 Å². The molecule has 4 heteroatoms. The Kier molecular flexibility index (Phi) is 4.93. The van der Waals surface area contributed by atoms with E-state index in [0.717, 1.165) is 18.7 Å². The van der Waals surface area contributed by atoms with Gasteiger partial charge in [-0.1, -0.05) is 13.8 Å². The van der Waals surface area contributed by atoms with Crippen LogP contribution in [0.1, 0.15) is 44.1 Å². The van der Waals surface area contributed by atoms with Crippen LogP contribution in [-0.4, -0.2) is 27.6 Å². The number of carbonyl (C=O) groups is 1. The minimum absolute atomic E-state index is 0.0943. The summed E-state index contributed by atoms with van der Waals surface area (Å²) in [7, 11) is 1.87. The summed E-state index contributed by atoms with van der Waals surface area (Å²) in [4.78, 5) is 13.9. The Bertz CT molecular complexity index is 423. The molecule has 18 heavy (non-hydrogen) atoms. The molecule has 1 aromatic rings. The quantitative estimate of drug-likeness (QED) is 0.806. The third-order valence-electron chi connectivity index (χ3n) is 3.64. The molecular formula is C14H25N3O. The highest BCUT2D eigenvalue weighted by atomic mass is 16.2. The van der Waals surface area contributed by atoms with E-state index in [9.17, 15) is 4.79 Å². The third-order valence-corrected chi connectivity index (χ3v) is 3.64. The second-order valence-electron chi connectivity index (χ2n) is 4.97. The molecule has 1 aromatic heterocycles. The molecule has 1 amide bonds. The third kappa shape index (κ3) is 2.92. The van der Waals surface area contributed by atoms with Crippen molar-refractivity contribution in [3.63, 3.8) is 0 Å². The maximum absolute atomic E-state index is 12.1. The number of hydrogen-bond acceptors (Lipinski definition) is 2. The molecule has 0 bridgehead atoms. The van der Waals surface area contributed by atoms with Gasteiger partial charge in [0.15, 0.2) is 0 Å². The number of carbonyl (C=O) groups excluding carboxylic acids is 1. The molecule has 0 spiro atoms. The Labute approximate surface area is 110 Å². The average Bonchev–Trinajstić information content (AvgIpc) is 2.63. The Morgan fingerprint density at radius 1 is 1.39 bits per heavy atom. The standard InChI is InChI=1S/C14H25N3O/c1-7-10(3)14(18)16(6)9-13-11(4)15-17(8-2)12(13)5/h10H,7-9H2,1-6H3/t10-/m0/s1. The fourth-order valence-electron chi connectivity index (χ4n) is 2.14. The van der Waals surface area contributed by atoms with Crippen LogP contribution in [0, 0.1) is 19.8 Å². The SMILES string of the molecule is CC[C@H](C)C(=O)N(C)Cc1c(C)nn(CC)c1C. The normalized spacial score (nSPS) is 12.6. The van der Waals surface area contributed by atoms with Crippen LogP contribution in [0.15, 0.2) is 0 Å². The van der Waals surface area contributed by atoms with Crippen molar-refractivity contribution in [1.82, 2.24) is 14.7 Å². The minimum Gasteiger partial charge on any atom is -0.341 e. The lowest BCUT2D eigenvalue weighted by atomic mass is 10.1.